The Morgan fingerprint density at radius 1 is 1.35 bits per heavy atom. The lowest BCUT2D eigenvalue weighted by molar-refractivity contribution is -0.115. The summed E-state index contributed by atoms with van der Waals surface area (Å²) in [6.07, 6.45) is 4.78. The van der Waals surface area contributed by atoms with Gasteiger partial charge in [-0.2, -0.15) is 0 Å². The molecule has 0 radical (unpaired) electrons. The van der Waals surface area contributed by atoms with Gasteiger partial charge in [0, 0.05) is 0 Å². The zero-order valence-corrected chi connectivity index (χ0v) is 9.97. The van der Waals surface area contributed by atoms with Crippen LogP contribution in [0.1, 0.15) is 16.8 Å². The fourth-order valence-corrected chi connectivity index (χ4v) is 1.60. The van der Waals surface area contributed by atoms with E-state index in [9.17, 15) is 9.59 Å². The minimum absolute atomic E-state index is 0.0158. The van der Waals surface area contributed by atoms with Gasteiger partial charge in [0.25, 0.3) is 0 Å². The van der Waals surface area contributed by atoms with Gasteiger partial charge in [-0.25, -0.2) is 4.79 Å². The van der Waals surface area contributed by atoms with E-state index in [1.54, 1.807) is 0 Å². The van der Waals surface area contributed by atoms with E-state index in [0.717, 1.165) is 0 Å². The standard InChI is InChI=1S/C11H7Cl2NO3/c1-2-3-8(15)14-10-7(13)5-4-6(12)9(10)11(16)17/h1,4-5H,3H2,(H,14,15)(H,16,17). The molecular weight excluding hydrogens is 265 g/mol. The summed E-state index contributed by atoms with van der Waals surface area (Å²) >= 11 is 11.5. The molecule has 0 aromatic heterocycles. The van der Waals surface area contributed by atoms with Crippen LogP contribution in [0.5, 0.6) is 0 Å². The molecule has 0 spiro atoms. The number of amides is 1. The number of aromatic carboxylic acids is 1. The molecule has 0 unspecified atom stereocenters. The predicted octanol–water partition coefficient (Wildman–Crippen LogP) is 2.65. The fourth-order valence-electron chi connectivity index (χ4n) is 1.16. The van der Waals surface area contributed by atoms with Crippen molar-refractivity contribution in [3.63, 3.8) is 0 Å². The van der Waals surface area contributed by atoms with Crippen molar-refractivity contribution in [3.8, 4) is 12.3 Å². The van der Waals surface area contributed by atoms with Crippen LogP contribution in [-0.2, 0) is 4.79 Å². The van der Waals surface area contributed by atoms with E-state index in [1.807, 2.05) is 0 Å². The summed E-state index contributed by atoms with van der Waals surface area (Å²) in [5.74, 6) is 0.323. The number of carbonyl (C=O) groups excluding carboxylic acids is 1. The molecule has 2 N–H and O–H groups in total. The van der Waals surface area contributed by atoms with Crippen molar-refractivity contribution in [1.82, 2.24) is 0 Å². The summed E-state index contributed by atoms with van der Waals surface area (Å²) in [5.41, 5.74) is -0.309. The van der Waals surface area contributed by atoms with Crippen LogP contribution in [0.25, 0.3) is 0 Å². The SMILES string of the molecule is C#CCC(=O)Nc1c(Cl)ccc(Cl)c1C(=O)O. The second-order valence-electron chi connectivity index (χ2n) is 3.01. The molecule has 0 bridgehead atoms. The topological polar surface area (TPSA) is 66.4 Å². The van der Waals surface area contributed by atoms with Gasteiger partial charge in [0.2, 0.25) is 5.91 Å². The highest BCUT2D eigenvalue weighted by Gasteiger charge is 2.19. The molecule has 88 valence electrons. The molecule has 0 aliphatic heterocycles. The molecule has 6 heteroatoms. The minimum atomic E-state index is -1.28. The fraction of sp³-hybridized carbons (Fsp3) is 0.0909. The highest BCUT2D eigenvalue weighted by atomic mass is 35.5. The summed E-state index contributed by atoms with van der Waals surface area (Å²) in [5, 5.41) is 11.4. The van der Waals surface area contributed by atoms with Crippen molar-refractivity contribution in [3.05, 3.63) is 27.7 Å². The van der Waals surface area contributed by atoms with Crippen molar-refractivity contribution >= 4 is 40.8 Å². The average Bonchev–Trinajstić information content (AvgIpc) is 2.23. The molecule has 1 amide bonds. The lowest BCUT2D eigenvalue weighted by Gasteiger charge is -2.10. The minimum Gasteiger partial charge on any atom is -0.478 e. The van der Waals surface area contributed by atoms with E-state index in [0.29, 0.717) is 0 Å². The van der Waals surface area contributed by atoms with E-state index < -0.39 is 11.9 Å². The maximum absolute atomic E-state index is 11.3. The summed E-state index contributed by atoms with van der Waals surface area (Å²) in [6.45, 7) is 0. The third-order valence-electron chi connectivity index (χ3n) is 1.84. The van der Waals surface area contributed by atoms with Crippen LogP contribution in [0.2, 0.25) is 10.0 Å². The van der Waals surface area contributed by atoms with Crippen LogP contribution < -0.4 is 5.32 Å². The molecule has 1 aromatic rings. The predicted molar refractivity (Wildman–Crippen MR) is 65.5 cm³/mol. The number of anilines is 1. The molecule has 1 rings (SSSR count). The van der Waals surface area contributed by atoms with Crippen molar-refractivity contribution < 1.29 is 14.7 Å². The van der Waals surface area contributed by atoms with Gasteiger partial charge in [0.15, 0.2) is 0 Å². The maximum Gasteiger partial charge on any atom is 0.339 e. The van der Waals surface area contributed by atoms with E-state index >= 15 is 0 Å². The molecule has 1 aromatic carbocycles. The highest BCUT2D eigenvalue weighted by molar-refractivity contribution is 6.38. The number of rotatable bonds is 3. The molecule has 17 heavy (non-hydrogen) atoms. The van der Waals surface area contributed by atoms with Gasteiger partial charge in [-0.15, -0.1) is 6.42 Å². The molecule has 0 heterocycles. The van der Waals surface area contributed by atoms with Crippen molar-refractivity contribution in [2.24, 2.45) is 0 Å². The Balaban J connectivity index is 3.22. The Morgan fingerprint density at radius 3 is 2.47 bits per heavy atom. The van der Waals surface area contributed by atoms with E-state index in [-0.39, 0.29) is 27.7 Å². The molecule has 4 nitrogen and oxygen atoms in total. The van der Waals surface area contributed by atoms with Gasteiger partial charge < -0.3 is 10.4 Å². The van der Waals surface area contributed by atoms with Gasteiger partial charge >= 0.3 is 5.97 Å². The largest absolute Gasteiger partial charge is 0.478 e. The molecule has 0 atom stereocenters. The quantitative estimate of drug-likeness (QED) is 0.831. The lowest BCUT2D eigenvalue weighted by Crippen LogP contribution is -2.14. The maximum atomic E-state index is 11.3. The third kappa shape index (κ3) is 3.13. The Kier molecular flexibility index (Phi) is 4.38. The van der Waals surface area contributed by atoms with Crippen LogP contribution in [-0.4, -0.2) is 17.0 Å². The summed E-state index contributed by atoms with van der Waals surface area (Å²) in [6, 6.07) is 2.73. The van der Waals surface area contributed by atoms with Gasteiger partial charge in [0.1, 0.15) is 5.56 Å². The smallest absolute Gasteiger partial charge is 0.339 e. The second kappa shape index (κ2) is 5.58. The Bertz CT molecular complexity index is 520. The Labute approximate surface area is 108 Å². The van der Waals surface area contributed by atoms with Crippen LogP contribution >= 0.6 is 23.2 Å². The number of terminal acetylenes is 1. The van der Waals surface area contributed by atoms with Crippen molar-refractivity contribution in [2.45, 2.75) is 6.42 Å². The van der Waals surface area contributed by atoms with E-state index in [2.05, 4.69) is 11.2 Å². The summed E-state index contributed by atoms with van der Waals surface area (Å²) in [7, 11) is 0. The van der Waals surface area contributed by atoms with Gasteiger partial charge in [-0.05, 0) is 12.1 Å². The zero-order chi connectivity index (χ0) is 13.0. The summed E-state index contributed by atoms with van der Waals surface area (Å²) < 4.78 is 0. The van der Waals surface area contributed by atoms with E-state index in [1.165, 1.54) is 12.1 Å². The molecule has 0 fully saturated rings. The zero-order valence-electron chi connectivity index (χ0n) is 8.46. The number of carbonyl (C=O) groups is 2. The number of hydrogen-bond acceptors (Lipinski definition) is 2. The van der Waals surface area contributed by atoms with Crippen LogP contribution in [0.15, 0.2) is 12.1 Å². The number of halogens is 2. The van der Waals surface area contributed by atoms with Gasteiger partial charge in [0.05, 0.1) is 22.2 Å². The van der Waals surface area contributed by atoms with Crippen LogP contribution in [0, 0.1) is 12.3 Å². The summed E-state index contributed by atoms with van der Waals surface area (Å²) in [4.78, 5) is 22.3. The number of carboxylic acid groups (broad SMARTS) is 1. The normalized spacial score (nSPS) is 9.47. The molecule has 0 aliphatic carbocycles. The molecular formula is C11H7Cl2NO3. The highest BCUT2D eigenvalue weighted by Crippen LogP contribution is 2.31. The number of benzene rings is 1. The van der Waals surface area contributed by atoms with Crippen LogP contribution in [0.3, 0.4) is 0 Å². The molecule has 0 saturated heterocycles. The second-order valence-corrected chi connectivity index (χ2v) is 3.83. The van der Waals surface area contributed by atoms with Crippen molar-refractivity contribution in [2.75, 3.05) is 5.32 Å². The third-order valence-corrected chi connectivity index (χ3v) is 2.47. The molecule has 0 saturated carbocycles. The Hall–Kier alpha value is -1.70. The first-order valence-corrected chi connectivity index (χ1v) is 5.17. The Morgan fingerprint density at radius 2 is 1.94 bits per heavy atom. The monoisotopic (exact) mass is 271 g/mol. The first kappa shape index (κ1) is 13.4. The number of nitrogens with one attached hydrogen (secondary N) is 1. The van der Waals surface area contributed by atoms with Crippen LogP contribution in [0.4, 0.5) is 5.69 Å². The van der Waals surface area contributed by atoms with Crippen molar-refractivity contribution in [1.29, 1.82) is 0 Å². The van der Waals surface area contributed by atoms with E-state index in [4.69, 9.17) is 34.7 Å². The first-order chi connectivity index (χ1) is 7.97. The average molecular weight is 272 g/mol. The first-order valence-electron chi connectivity index (χ1n) is 4.42. The number of carboxylic acids is 1. The number of hydrogen-bond donors (Lipinski definition) is 2. The molecule has 0 aliphatic rings. The van der Waals surface area contributed by atoms with Gasteiger partial charge in [-0.1, -0.05) is 29.1 Å². The van der Waals surface area contributed by atoms with Gasteiger partial charge in [-0.3, -0.25) is 4.79 Å². The lowest BCUT2D eigenvalue weighted by atomic mass is 10.1.